The Hall–Kier alpha value is -2.08. The predicted molar refractivity (Wildman–Crippen MR) is 71.4 cm³/mol. The molecule has 6 heteroatoms. The zero-order valence-corrected chi connectivity index (χ0v) is 11.6. The fourth-order valence-electron chi connectivity index (χ4n) is 2.17. The highest BCUT2D eigenvalue weighted by Crippen LogP contribution is 2.33. The van der Waals surface area contributed by atoms with Crippen LogP contribution in [0.25, 0.3) is 0 Å². The maximum Gasteiger partial charge on any atom is 0.415 e. The maximum absolute atomic E-state index is 12.3. The summed E-state index contributed by atoms with van der Waals surface area (Å²) >= 11 is 0. The van der Waals surface area contributed by atoms with Gasteiger partial charge in [-0.25, -0.2) is 9.59 Å². The molecule has 1 amide bonds. The van der Waals surface area contributed by atoms with Gasteiger partial charge in [0.1, 0.15) is 11.6 Å². The average Bonchev–Trinajstić information content (AvgIpc) is 2.75. The van der Waals surface area contributed by atoms with Gasteiger partial charge in [0, 0.05) is 6.42 Å². The van der Waals surface area contributed by atoms with Crippen LogP contribution in [-0.2, 0) is 20.8 Å². The number of amides is 1. The molecule has 1 N–H and O–H groups in total. The molecule has 0 aromatic heterocycles. The molecule has 0 saturated carbocycles. The Bertz CT molecular complexity index is 535. The number of anilines is 1. The molecular weight excluding hydrogens is 262 g/mol. The summed E-state index contributed by atoms with van der Waals surface area (Å²) in [5.41, 5.74) is 0.744. The minimum atomic E-state index is -0.910. The second kappa shape index (κ2) is 5.13. The molecule has 1 atom stereocenters. The number of hydrogen-bond acceptors (Lipinski definition) is 5. The molecule has 1 aliphatic heterocycles. The van der Waals surface area contributed by atoms with Gasteiger partial charge in [0.2, 0.25) is 0 Å². The molecule has 0 bridgehead atoms. The first kappa shape index (κ1) is 14.3. The zero-order chi connectivity index (χ0) is 14.9. The highest BCUT2D eigenvalue weighted by atomic mass is 17.1. The van der Waals surface area contributed by atoms with Gasteiger partial charge in [-0.3, -0.25) is 9.79 Å². The van der Waals surface area contributed by atoms with E-state index in [1.165, 1.54) is 4.90 Å². The van der Waals surface area contributed by atoms with Crippen molar-refractivity contribution in [1.29, 1.82) is 0 Å². The highest BCUT2D eigenvalue weighted by molar-refractivity contribution is 5.98. The van der Waals surface area contributed by atoms with Crippen LogP contribution in [-0.4, -0.2) is 29.0 Å². The number of carbonyl (C=O) groups excluding carboxylic acids is 2. The number of para-hydroxylation sites is 1. The molecule has 0 aliphatic carbocycles. The van der Waals surface area contributed by atoms with E-state index in [1.54, 1.807) is 32.9 Å². The Balaban J connectivity index is 2.34. The van der Waals surface area contributed by atoms with Crippen molar-refractivity contribution >= 4 is 17.7 Å². The number of ether oxygens (including phenoxy) is 1. The molecule has 20 heavy (non-hydrogen) atoms. The molecule has 0 spiro atoms. The molecule has 6 nitrogen and oxygen atoms in total. The molecule has 0 saturated heterocycles. The van der Waals surface area contributed by atoms with E-state index in [1.807, 2.05) is 12.1 Å². The molecule has 1 unspecified atom stereocenters. The van der Waals surface area contributed by atoms with Gasteiger partial charge in [0.25, 0.3) is 0 Å². The normalized spacial score (nSPS) is 17.6. The monoisotopic (exact) mass is 279 g/mol. The van der Waals surface area contributed by atoms with Crippen LogP contribution in [0.2, 0.25) is 0 Å². The predicted octanol–water partition coefficient (Wildman–Crippen LogP) is 2.37. The van der Waals surface area contributed by atoms with Crippen molar-refractivity contribution in [3.05, 3.63) is 29.8 Å². The van der Waals surface area contributed by atoms with Crippen molar-refractivity contribution in [1.82, 2.24) is 0 Å². The van der Waals surface area contributed by atoms with E-state index in [4.69, 9.17) is 9.99 Å². The van der Waals surface area contributed by atoms with Gasteiger partial charge < -0.3 is 4.74 Å². The van der Waals surface area contributed by atoms with Gasteiger partial charge in [-0.1, -0.05) is 18.2 Å². The molecule has 0 fully saturated rings. The fraction of sp³-hybridized carbons (Fsp3) is 0.429. The Labute approximate surface area is 116 Å². The molecule has 2 rings (SSSR count). The van der Waals surface area contributed by atoms with Gasteiger partial charge in [0.15, 0.2) is 0 Å². The van der Waals surface area contributed by atoms with E-state index in [9.17, 15) is 9.59 Å². The quantitative estimate of drug-likeness (QED) is 0.631. The van der Waals surface area contributed by atoms with E-state index in [2.05, 4.69) is 4.89 Å². The zero-order valence-electron chi connectivity index (χ0n) is 11.6. The number of nitrogens with zero attached hydrogens (tertiary/aromatic N) is 1. The minimum Gasteiger partial charge on any atom is -0.443 e. The molecular formula is C14H17NO5. The average molecular weight is 279 g/mol. The van der Waals surface area contributed by atoms with Crippen LogP contribution < -0.4 is 4.90 Å². The van der Waals surface area contributed by atoms with Crippen molar-refractivity contribution in [2.45, 2.75) is 38.8 Å². The summed E-state index contributed by atoms with van der Waals surface area (Å²) in [5, 5.41) is 8.58. The van der Waals surface area contributed by atoms with E-state index in [0.717, 1.165) is 5.56 Å². The minimum absolute atomic E-state index is 0.287. The smallest absolute Gasteiger partial charge is 0.415 e. The summed E-state index contributed by atoms with van der Waals surface area (Å²) in [5.74, 6) is -0.882. The number of hydrogen-bond donors (Lipinski definition) is 1. The van der Waals surface area contributed by atoms with Crippen molar-refractivity contribution in [2.75, 3.05) is 4.90 Å². The van der Waals surface area contributed by atoms with E-state index in [-0.39, 0.29) is 6.42 Å². The van der Waals surface area contributed by atoms with Crippen LogP contribution in [0.5, 0.6) is 0 Å². The van der Waals surface area contributed by atoms with Gasteiger partial charge in [-0.05, 0) is 32.4 Å². The largest absolute Gasteiger partial charge is 0.443 e. The summed E-state index contributed by atoms with van der Waals surface area (Å²) in [6.07, 6.45) is -0.354. The van der Waals surface area contributed by atoms with Crippen molar-refractivity contribution in [3.63, 3.8) is 0 Å². The Kier molecular flexibility index (Phi) is 3.67. The Morgan fingerprint density at radius 1 is 1.30 bits per heavy atom. The lowest BCUT2D eigenvalue weighted by Gasteiger charge is -2.27. The summed E-state index contributed by atoms with van der Waals surface area (Å²) in [4.78, 5) is 28.9. The number of fused-ring (bicyclic) bond motifs is 1. The van der Waals surface area contributed by atoms with Gasteiger partial charge in [-0.15, -0.1) is 0 Å². The fourth-order valence-corrected chi connectivity index (χ4v) is 2.17. The van der Waals surface area contributed by atoms with Crippen LogP contribution in [0.1, 0.15) is 26.3 Å². The molecule has 1 aliphatic rings. The molecule has 0 radical (unpaired) electrons. The maximum atomic E-state index is 12.3. The summed E-state index contributed by atoms with van der Waals surface area (Å²) in [7, 11) is 0. The van der Waals surface area contributed by atoms with Crippen LogP contribution in [0.15, 0.2) is 24.3 Å². The Morgan fingerprint density at radius 2 is 1.95 bits per heavy atom. The molecule has 108 valence electrons. The third-order valence-corrected chi connectivity index (χ3v) is 2.93. The van der Waals surface area contributed by atoms with Gasteiger partial charge in [0.05, 0.1) is 5.69 Å². The molecule has 1 aromatic carbocycles. The van der Waals surface area contributed by atoms with Crippen LogP contribution in [0, 0.1) is 0 Å². The lowest BCUT2D eigenvalue weighted by atomic mass is 10.1. The second-order valence-electron chi connectivity index (χ2n) is 5.61. The van der Waals surface area contributed by atoms with Gasteiger partial charge in [-0.2, -0.15) is 5.26 Å². The summed E-state index contributed by atoms with van der Waals surface area (Å²) in [6.45, 7) is 5.23. The first-order valence-electron chi connectivity index (χ1n) is 6.29. The lowest BCUT2D eigenvalue weighted by molar-refractivity contribution is -0.235. The number of carbonyl (C=O) groups is 2. The van der Waals surface area contributed by atoms with E-state index >= 15 is 0 Å². The van der Waals surface area contributed by atoms with Gasteiger partial charge >= 0.3 is 12.1 Å². The van der Waals surface area contributed by atoms with Crippen molar-refractivity contribution < 1.29 is 24.5 Å². The van der Waals surface area contributed by atoms with Crippen molar-refractivity contribution in [3.8, 4) is 0 Å². The lowest BCUT2D eigenvalue weighted by Crippen LogP contribution is -2.45. The Morgan fingerprint density at radius 3 is 2.55 bits per heavy atom. The van der Waals surface area contributed by atoms with Crippen LogP contribution >= 0.6 is 0 Å². The third kappa shape index (κ3) is 2.75. The summed E-state index contributed by atoms with van der Waals surface area (Å²) < 4.78 is 5.30. The second-order valence-corrected chi connectivity index (χ2v) is 5.61. The summed E-state index contributed by atoms with van der Waals surface area (Å²) in [6, 6.07) is 6.22. The topological polar surface area (TPSA) is 76.1 Å². The van der Waals surface area contributed by atoms with Crippen molar-refractivity contribution in [2.24, 2.45) is 0 Å². The highest BCUT2D eigenvalue weighted by Gasteiger charge is 2.41. The molecule has 1 aromatic rings. The molecule has 1 heterocycles. The standard InChI is InChI=1S/C14H17NO5/c1-14(2,3)19-13(17)15-10-7-5-4-6-9(10)8-11(15)12(16)20-18/h4-7,11,18H,8H2,1-3H3. The number of rotatable bonds is 1. The van der Waals surface area contributed by atoms with Crippen LogP contribution in [0.4, 0.5) is 10.5 Å². The first-order chi connectivity index (χ1) is 9.33. The third-order valence-electron chi connectivity index (χ3n) is 2.93. The number of benzene rings is 1. The van der Waals surface area contributed by atoms with E-state index < -0.39 is 23.7 Å². The SMILES string of the molecule is CC(C)(C)OC(=O)N1c2ccccc2CC1C(=O)OO. The first-order valence-corrected chi connectivity index (χ1v) is 6.29. The van der Waals surface area contributed by atoms with Crippen LogP contribution in [0.3, 0.4) is 0 Å². The van der Waals surface area contributed by atoms with E-state index in [0.29, 0.717) is 5.69 Å².